The van der Waals surface area contributed by atoms with Gasteiger partial charge in [-0.25, -0.2) is 8.78 Å². The smallest absolute Gasteiger partial charge is 0.159 e. The van der Waals surface area contributed by atoms with Gasteiger partial charge >= 0.3 is 0 Å². The molecule has 2 aromatic rings. The van der Waals surface area contributed by atoms with Crippen LogP contribution in [0.1, 0.15) is 42.6 Å². The van der Waals surface area contributed by atoms with Crippen LogP contribution in [0.15, 0.2) is 36.4 Å². The van der Waals surface area contributed by atoms with Gasteiger partial charge in [0.05, 0.1) is 19.3 Å². The number of likely N-dealkylation sites (tertiary alicyclic amines) is 1. The van der Waals surface area contributed by atoms with Crippen LogP contribution in [0.4, 0.5) is 8.78 Å². The molecule has 5 nitrogen and oxygen atoms in total. The Morgan fingerprint density at radius 3 is 2.62 bits per heavy atom. The van der Waals surface area contributed by atoms with Gasteiger partial charge in [-0.2, -0.15) is 0 Å². The maximum Gasteiger partial charge on any atom is 0.159 e. The fraction of sp³-hybridized carbons (Fsp3) is 0.455. The molecule has 2 aromatic carbocycles. The summed E-state index contributed by atoms with van der Waals surface area (Å²) in [6, 6.07) is 8.93. The van der Waals surface area contributed by atoms with Gasteiger partial charge < -0.3 is 24.6 Å². The van der Waals surface area contributed by atoms with Crippen molar-refractivity contribution >= 4 is 0 Å². The van der Waals surface area contributed by atoms with E-state index in [1.807, 2.05) is 12.1 Å². The highest BCUT2D eigenvalue weighted by atomic mass is 19.2. The van der Waals surface area contributed by atoms with Gasteiger partial charge in [-0.1, -0.05) is 6.07 Å². The number of nitrogens with zero attached hydrogens (tertiary/aromatic N) is 1. The summed E-state index contributed by atoms with van der Waals surface area (Å²) in [6.07, 6.45) is 0.408. The van der Waals surface area contributed by atoms with E-state index in [1.54, 1.807) is 13.2 Å². The van der Waals surface area contributed by atoms with Crippen LogP contribution >= 0.6 is 0 Å². The van der Waals surface area contributed by atoms with Crippen molar-refractivity contribution in [3.63, 3.8) is 0 Å². The molecule has 2 N–H and O–H groups in total. The molecule has 2 unspecified atom stereocenters. The molecule has 29 heavy (non-hydrogen) atoms. The van der Waals surface area contributed by atoms with E-state index in [-0.39, 0.29) is 0 Å². The zero-order valence-corrected chi connectivity index (χ0v) is 16.3. The first-order valence-corrected chi connectivity index (χ1v) is 9.79. The van der Waals surface area contributed by atoms with Crippen molar-refractivity contribution in [3.8, 4) is 11.5 Å². The third-order valence-electron chi connectivity index (χ3n) is 5.99. The molecule has 2 aliphatic rings. The fourth-order valence-corrected chi connectivity index (χ4v) is 4.26. The van der Waals surface area contributed by atoms with E-state index in [0.29, 0.717) is 56.0 Å². The number of β-amino-alcohol motifs (C(OH)–C–C–N with tert-alkyl or cyclic N) is 1. The monoisotopic (exact) mass is 405 g/mol. The molecule has 2 atom stereocenters. The second-order valence-electron chi connectivity index (χ2n) is 7.90. The highest BCUT2D eigenvalue weighted by molar-refractivity contribution is 5.43. The van der Waals surface area contributed by atoms with Gasteiger partial charge in [-0.3, -0.25) is 0 Å². The van der Waals surface area contributed by atoms with Gasteiger partial charge in [0.2, 0.25) is 0 Å². The predicted octanol–water partition coefficient (Wildman–Crippen LogP) is 3.36. The summed E-state index contributed by atoms with van der Waals surface area (Å²) in [5, 5.41) is 21.0. The maximum atomic E-state index is 13.4. The lowest BCUT2D eigenvalue weighted by Crippen LogP contribution is -2.51. The van der Waals surface area contributed by atoms with Crippen LogP contribution in [-0.2, 0) is 0 Å². The lowest BCUT2D eigenvalue weighted by Gasteiger charge is -2.46. The molecular weight excluding hydrogens is 380 g/mol. The highest BCUT2D eigenvalue weighted by Gasteiger charge is 2.43. The summed E-state index contributed by atoms with van der Waals surface area (Å²) in [5.41, 5.74) is 0.660. The first-order chi connectivity index (χ1) is 13.9. The Kier molecular flexibility index (Phi) is 5.46. The van der Waals surface area contributed by atoms with Crippen LogP contribution in [0.5, 0.6) is 11.5 Å². The van der Waals surface area contributed by atoms with E-state index in [1.165, 1.54) is 6.07 Å². The number of hydrogen-bond acceptors (Lipinski definition) is 5. The number of methoxy groups -OCH3 is 1. The minimum Gasteiger partial charge on any atom is -0.497 e. The van der Waals surface area contributed by atoms with E-state index in [2.05, 4.69) is 4.90 Å². The summed E-state index contributed by atoms with van der Waals surface area (Å²) >= 11 is 0. The summed E-state index contributed by atoms with van der Waals surface area (Å²) in [4.78, 5) is 2.08. The molecule has 0 amide bonds. The molecule has 7 heteroatoms. The van der Waals surface area contributed by atoms with Crippen molar-refractivity contribution < 1.29 is 28.5 Å². The van der Waals surface area contributed by atoms with Crippen molar-refractivity contribution in [2.24, 2.45) is 0 Å². The van der Waals surface area contributed by atoms with Crippen molar-refractivity contribution in [2.75, 3.05) is 26.7 Å². The Morgan fingerprint density at radius 2 is 1.93 bits per heavy atom. The molecule has 1 spiro atoms. The molecule has 0 saturated carbocycles. The number of rotatable bonds is 4. The zero-order chi connectivity index (χ0) is 20.6. The van der Waals surface area contributed by atoms with Gasteiger partial charge in [0.25, 0.3) is 0 Å². The summed E-state index contributed by atoms with van der Waals surface area (Å²) in [6.45, 7) is 1.69. The average molecular weight is 405 g/mol. The van der Waals surface area contributed by atoms with E-state index in [9.17, 15) is 19.0 Å². The van der Waals surface area contributed by atoms with Crippen molar-refractivity contribution in [1.29, 1.82) is 0 Å². The Morgan fingerprint density at radius 1 is 1.17 bits per heavy atom. The summed E-state index contributed by atoms with van der Waals surface area (Å²) in [7, 11) is 1.59. The lowest BCUT2D eigenvalue weighted by molar-refractivity contribution is -0.0588. The third-order valence-corrected chi connectivity index (χ3v) is 5.99. The number of ether oxygens (including phenoxy) is 2. The van der Waals surface area contributed by atoms with Crippen molar-refractivity contribution in [2.45, 2.75) is 37.1 Å². The van der Waals surface area contributed by atoms with Gasteiger partial charge in [-0.15, -0.1) is 0 Å². The normalized spacial score (nSPS) is 22.0. The number of aliphatic hydroxyl groups excluding tert-OH is 2. The van der Waals surface area contributed by atoms with E-state index < -0.39 is 29.4 Å². The van der Waals surface area contributed by atoms with Crippen LogP contribution in [-0.4, -0.2) is 47.5 Å². The molecule has 1 fully saturated rings. The van der Waals surface area contributed by atoms with E-state index in [4.69, 9.17) is 9.47 Å². The van der Waals surface area contributed by atoms with Crippen molar-refractivity contribution in [3.05, 3.63) is 59.2 Å². The lowest BCUT2D eigenvalue weighted by atomic mass is 9.81. The Hall–Kier alpha value is -2.22. The molecule has 0 aromatic heterocycles. The molecule has 2 aliphatic heterocycles. The van der Waals surface area contributed by atoms with Gasteiger partial charge in [0.1, 0.15) is 17.1 Å². The second-order valence-corrected chi connectivity index (χ2v) is 7.90. The predicted molar refractivity (Wildman–Crippen MR) is 103 cm³/mol. The standard InChI is InChI=1S/C22H25F2NO4/c1-28-15-3-5-21-16(11-15)19(26)12-22(29-21)6-8-25(9-7-22)13-20(27)14-2-4-17(23)18(24)10-14/h2-5,10-11,19-20,26-27H,6-9,12-13H2,1H3. The van der Waals surface area contributed by atoms with Crippen LogP contribution in [0.3, 0.4) is 0 Å². The number of halogens is 2. The Labute approximate surface area is 168 Å². The molecule has 1 saturated heterocycles. The summed E-state index contributed by atoms with van der Waals surface area (Å²) in [5.74, 6) is -0.519. The Bertz CT molecular complexity index is 883. The minimum atomic E-state index is -0.959. The van der Waals surface area contributed by atoms with Gasteiger partial charge in [0, 0.05) is 31.6 Å². The molecule has 0 aliphatic carbocycles. The molecule has 0 bridgehead atoms. The third kappa shape index (κ3) is 4.08. The van der Waals surface area contributed by atoms with Crippen LogP contribution < -0.4 is 9.47 Å². The molecule has 2 heterocycles. The highest BCUT2D eigenvalue weighted by Crippen LogP contribution is 2.45. The van der Waals surface area contributed by atoms with Crippen LogP contribution in [0.25, 0.3) is 0 Å². The van der Waals surface area contributed by atoms with Crippen LogP contribution in [0, 0.1) is 11.6 Å². The quantitative estimate of drug-likeness (QED) is 0.817. The SMILES string of the molecule is COc1ccc2c(c1)C(O)CC1(CCN(CC(O)c3ccc(F)c(F)c3)CC1)O2. The number of hydrogen-bond donors (Lipinski definition) is 2. The van der Waals surface area contributed by atoms with Gasteiger partial charge in [0.15, 0.2) is 11.6 Å². The first-order valence-electron chi connectivity index (χ1n) is 9.79. The molecule has 156 valence electrons. The molecule has 4 rings (SSSR count). The second kappa shape index (κ2) is 7.89. The van der Waals surface area contributed by atoms with Crippen LogP contribution in [0.2, 0.25) is 0 Å². The number of piperidine rings is 1. The molecule has 0 radical (unpaired) electrons. The topological polar surface area (TPSA) is 62.2 Å². The summed E-state index contributed by atoms with van der Waals surface area (Å²) < 4.78 is 38.0. The largest absolute Gasteiger partial charge is 0.497 e. The minimum absolute atomic E-state index is 0.331. The first kappa shape index (κ1) is 20.1. The molecular formula is C22H25F2NO4. The van der Waals surface area contributed by atoms with E-state index >= 15 is 0 Å². The zero-order valence-electron chi connectivity index (χ0n) is 16.3. The van der Waals surface area contributed by atoms with E-state index in [0.717, 1.165) is 17.7 Å². The van der Waals surface area contributed by atoms with Crippen molar-refractivity contribution in [1.82, 2.24) is 4.90 Å². The fourth-order valence-electron chi connectivity index (χ4n) is 4.26. The number of fused-ring (bicyclic) bond motifs is 1. The average Bonchev–Trinajstić information content (AvgIpc) is 2.71. The number of aliphatic hydroxyl groups is 2. The van der Waals surface area contributed by atoms with Gasteiger partial charge in [-0.05, 0) is 48.7 Å². The Balaban J connectivity index is 1.39. The number of benzene rings is 2. The maximum absolute atomic E-state index is 13.4.